The molecular formula is C19H31N. The predicted octanol–water partition coefficient (Wildman–Crippen LogP) is 5.53. The molecule has 0 bridgehead atoms. The third-order valence-corrected chi connectivity index (χ3v) is 5.17. The third-order valence-electron chi connectivity index (χ3n) is 5.17. The zero-order valence-corrected chi connectivity index (χ0v) is 13.8. The molecule has 0 aliphatic carbocycles. The lowest BCUT2D eigenvalue weighted by Gasteiger charge is -2.31. The predicted molar refractivity (Wildman–Crippen MR) is 89.7 cm³/mol. The number of unbranched alkanes of at least 4 members (excludes halogenated alkanes) is 5. The minimum Gasteiger partial charge on any atom is -0.368 e. The lowest BCUT2D eigenvalue weighted by atomic mass is 9.81. The van der Waals surface area contributed by atoms with Gasteiger partial charge in [-0.15, -0.1) is 0 Å². The first-order valence-corrected chi connectivity index (χ1v) is 8.45. The number of benzene rings is 1. The van der Waals surface area contributed by atoms with Gasteiger partial charge in [-0.1, -0.05) is 71.1 Å². The van der Waals surface area contributed by atoms with E-state index >= 15 is 0 Å². The lowest BCUT2D eigenvalue weighted by Crippen LogP contribution is -2.39. The Balaban J connectivity index is 1.92. The monoisotopic (exact) mass is 273 g/mol. The molecule has 1 atom stereocenters. The van der Waals surface area contributed by atoms with Gasteiger partial charge in [0.25, 0.3) is 0 Å². The van der Waals surface area contributed by atoms with Crippen molar-refractivity contribution >= 4 is 5.69 Å². The average Bonchev–Trinajstić information content (AvgIpc) is 2.64. The second kappa shape index (κ2) is 6.65. The van der Waals surface area contributed by atoms with Gasteiger partial charge in [-0.25, -0.2) is 0 Å². The van der Waals surface area contributed by atoms with Crippen LogP contribution in [0, 0.1) is 0 Å². The van der Waals surface area contributed by atoms with Crippen LogP contribution in [0.15, 0.2) is 24.3 Å². The lowest BCUT2D eigenvalue weighted by molar-refractivity contribution is 0.436. The minimum atomic E-state index is 0.277. The molecule has 0 amide bonds. The van der Waals surface area contributed by atoms with Crippen LogP contribution in [0.25, 0.3) is 0 Å². The molecule has 0 fully saturated rings. The highest BCUT2D eigenvalue weighted by molar-refractivity contribution is 5.63. The van der Waals surface area contributed by atoms with E-state index in [-0.39, 0.29) is 5.41 Å². The number of para-hydroxylation sites is 1. The molecule has 20 heavy (non-hydrogen) atoms. The molecule has 0 aromatic heterocycles. The highest BCUT2D eigenvalue weighted by Crippen LogP contribution is 2.44. The Labute approximate surface area is 125 Å². The van der Waals surface area contributed by atoms with E-state index in [4.69, 9.17) is 0 Å². The topological polar surface area (TPSA) is 3.24 Å². The first-order chi connectivity index (χ1) is 9.59. The van der Waals surface area contributed by atoms with Gasteiger partial charge in [0.15, 0.2) is 0 Å². The maximum Gasteiger partial charge on any atom is 0.0407 e. The SMILES string of the molecule is CCCCCCCCN1c2ccccc2C(C)(C)C1C. The van der Waals surface area contributed by atoms with Crippen LogP contribution in [-0.2, 0) is 5.41 Å². The normalized spacial score (nSPS) is 20.2. The fraction of sp³-hybridized carbons (Fsp3) is 0.684. The summed E-state index contributed by atoms with van der Waals surface area (Å²) >= 11 is 0. The summed E-state index contributed by atoms with van der Waals surface area (Å²) in [6.45, 7) is 10.7. The number of nitrogens with zero attached hydrogens (tertiary/aromatic N) is 1. The molecule has 1 aromatic carbocycles. The van der Waals surface area contributed by atoms with E-state index in [1.165, 1.54) is 56.3 Å². The van der Waals surface area contributed by atoms with Crippen LogP contribution < -0.4 is 4.90 Å². The van der Waals surface area contributed by atoms with Gasteiger partial charge < -0.3 is 4.90 Å². The van der Waals surface area contributed by atoms with E-state index in [1.54, 1.807) is 0 Å². The average molecular weight is 273 g/mol. The molecule has 1 aliphatic heterocycles. The maximum atomic E-state index is 2.63. The van der Waals surface area contributed by atoms with Gasteiger partial charge >= 0.3 is 0 Å². The van der Waals surface area contributed by atoms with E-state index < -0.39 is 0 Å². The summed E-state index contributed by atoms with van der Waals surface area (Å²) in [6.07, 6.45) is 8.26. The number of hydrogen-bond donors (Lipinski definition) is 0. The van der Waals surface area contributed by atoms with Crippen molar-refractivity contribution in [3.05, 3.63) is 29.8 Å². The summed E-state index contributed by atoms with van der Waals surface area (Å²) in [6, 6.07) is 9.59. The van der Waals surface area contributed by atoms with Gasteiger partial charge in [-0.3, -0.25) is 0 Å². The summed E-state index contributed by atoms with van der Waals surface area (Å²) in [5.41, 5.74) is 3.27. The minimum absolute atomic E-state index is 0.277. The van der Waals surface area contributed by atoms with Crippen molar-refractivity contribution in [1.82, 2.24) is 0 Å². The van der Waals surface area contributed by atoms with E-state index in [1.807, 2.05) is 0 Å². The van der Waals surface area contributed by atoms with Crippen molar-refractivity contribution in [3.8, 4) is 0 Å². The second-order valence-corrected chi connectivity index (χ2v) is 6.88. The molecule has 2 rings (SSSR count). The molecule has 1 aliphatic rings. The molecule has 0 spiro atoms. The first-order valence-electron chi connectivity index (χ1n) is 8.45. The zero-order valence-electron chi connectivity index (χ0n) is 13.8. The van der Waals surface area contributed by atoms with Crippen molar-refractivity contribution < 1.29 is 0 Å². The summed E-state index contributed by atoms with van der Waals surface area (Å²) in [7, 11) is 0. The number of anilines is 1. The summed E-state index contributed by atoms with van der Waals surface area (Å²) in [5.74, 6) is 0. The summed E-state index contributed by atoms with van der Waals surface area (Å²) in [5, 5.41) is 0. The Bertz CT molecular complexity index is 422. The van der Waals surface area contributed by atoms with E-state index in [0.717, 1.165) is 0 Å². The van der Waals surface area contributed by atoms with Crippen LogP contribution in [0.4, 0.5) is 5.69 Å². The molecule has 1 aromatic rings. The van der Waals surface area contributed by atoms with Crippen molar-refractivity contribution in [2.75, 3.05) is 11.4 Å². The Kier molecular flexibility index (Phi) is 5.12. The molecule has 0 radical (unpaired) electrons. The Morgan fingerprint density at radius 3 is 2.40 bits per heavy atom. The molecule has 1 nitrogen and oxygen atoms in total. The van der Waals surface area contributed by atoms with Crippen molar-refractivity contribution in [2.45, 2.75) is 77.7 Å². The molecule has 1 heteroatoms. The molecule has 0 saturated heterocycles. The van der Waals surface area contributed by atoms with Crippen LogP contribution in [0.3, 0.4) is 0 Å². The number of fused-ring (bicyclic) bond motifs is 1. The van der Waals surface area contributed by atoms with E-state index in [0.29, 0.717) is 6.04 Å². The summed E-state index contributed by atoms with van der Waals surface area (Å²) in [4.78, 5) is 2.63. The van der Waals surface area contributed by atoms with E-state index in [9.17, 15) is 0 Å². The van der Waals surface area contributed by atoms with Crippen molar-refractivity contribution in [1.29, 1.82) is 0 Å². The van der Waals surface area contributed by atoms with Crippen molar-refractivity contribution in [2.24, 2.45) is 0 Å². The maximum absolute atomic E-state index is 2.63. The number of hydrogen-bond acceptors (Lipinski definition) is 1. The van der Waals surface area contributed by atoms with Gasteiger partial charge in [0.05, 0.1) is 0 Å². The van der Waals surface area contributed by atoms with Gasteiger partial charge in [-0.2, -0.15) is 0 Å². The second-order valence-electron chi connectivity index (χ2n) is 6.88. The zero-order chi connectivity index (χ0) is 14.6. The van der Waals surface area contributed by atoms with Crippen LogP contribution in [-0.4, -0.2) is 12.6 Å². The Morgan fingerprint density at radius 2 is 1.65 bits per heavy atom. The standard InChI is InChI=1S/C19H31N/c1-5-6-7-8-9-12-15-20-16(2)19(3,4)17-13-10-11-14-18(17)20/h10-11,13-14,16H,5-9,12,15H2,1-4H3. The van der Waals surface area contributed by atoms with Crippen LogP contribution in [0.2, 0.25) is 0 Å². The molecule has 1 unspecified atom stereocenters. The Morgan fingerprint density at radius 1 is 1.00 bits per heavy atom. The molecule has 112 valence electrons. The quantitative estimate of drug-likeness (QED) is 0.590. The fourth-order valence-electron chi connectivity index (χ4n) is 3.47. The fourth-order valence-corrected chi connectivity index (χ4v) is 3.47. The molecule has 1 heterocycles. The van der Waals surface area contributed by atoms with Crippen LogP contribution >= 0.6 is 0 Å². The largest absolute Gasteiger partial charge is 0.368 e. The first kappa shape index (κ1) is 15.4. The van der Waals surface area contributed by atoms with Crippen molar-refractivity contribution in [3.63, 3.8) is 0 Å². The van der Waals surface area contributed by atoms with Gasteiger partial charge in [-0.05, 0) is 25.0 Å². The molecule has 0 N–H and O–H groups in total. The van der Waals surface area contributed by atoms with Gasteiger partial charge in [0, 0.05) is 23.7 Å². The van der Waals surface area contributed by atoms with E-state index in [2.05, 4.69) is 56.9 Å². The van der Waals surface area contributed by atoms with Gasteiger partial charge in [0.2, 0.25) is 0 Å². The smallest absolute Gasteiger partial charge is 0.0407 e. The number of rotatable bonds is 7. The Hall–Kier alpha value is -0.980. The highest BCUT2D eigenvalue weighted by atomic mass is 15.2. The summed E-state index contributed by atoms with van der Waals surface area (Å²) < 4.78 is 0. The van der Waals surface area contributed by atoms with Gasteiger partial charge in [0.1, 0.15) is 0 Å². The highest BCUT2D eigenvalue weighted by Gasteiger charge is 2.40. The molecular weight excluding hydrogens is 242 g/mol. The third kappa shape index (κ3) is 3.02. The van der Waals surface area contributed by atoms with Crippen LogP contribution in [0.1, 0.15) is 71.8 Å². The molecule has 0 saturated carbocycles. The van der Waals surface area contributed by atoms with Crippen LogP contribution in [0.5, 0.6) is 0 Å².